The normalized spacial score (nSPS) is 11.1. The van der Waals surface area contributed by atoms with Crippen LogP contribution in [0.5, 0.6) is 0 Å². The number of pyridine rings is 1. The van der Waals surface area contributed by atoms with Gasteiger partial charge in [-0.15, -0.1) is 11.3 Å². The van der Waals surface area contributed by atoms with Gasteiger partial charge in [0.1, 0.15) is 5.65 Å². The van der Waals surface area contributed by atoms with Crippen LogP contribution in [0.1, 0.15) is 5.56 Å². The highest BCUT2D eigenvalue weighted by Gasteiger charge is 2.08. The summed E-state index contributed by atoms with van der Waals surface area (Å²) in [6, 6.07) is 8.46. The van der Waals surface area contributed by atoms with E-state index in [1.54, 1.807) is 11.3 Å². The Bertz CT molecular complexity index is 694. The van der Waals surface area contributed by atoms with E-state index >= 15 is 0 Å². The zero-order valence-corrected chi connectivity index (χ0v) is 11.5. The molecule has 4 heteroatoms. The lowest BCUT2D eigenvalue weighted by Crippen LogP contribution is -2.05. The molecule has 0 aliphatic carbocycles. The van der Waals surface area contributed by atoms with Gasteiger partial charge in [-0.2, -0.15) is 0 Å². The first kappa shape index (κ1) is 11.3. The number of hydrogen-bond donors (Lipinski definition) is 0. The molecule has 0 aromatic carbocycles. The lowest BCUT2D eigenvalue weighted by molar-refractivity contribution is 1.16. The molecule has 0 saturated heterocycles. The van der Waals surface area contributed by atoms with Gasteiger partial charge in [-0.3, -0.25) is 0 Å². The summed E-state index contributed by atoms with van der Waals surface area (Å²) in [5.41, 5.74) is 3.28. The first-order valence-electron chi connectivity index (χ1n) is 5.86. The number of rotatable bonds is 2. The second-order valence-corrected chi connectivity index (χ2v) is 5.69. The summed E-state index contributed by atoms with van der Waals surface area (Å²) in [6.45, 7) is 2.09. The van der Waals surface area contributed by atoms with Crippen LogP contribution in [0.25, 0.3) is 16.2 Å². The third-order valence-corrected chi connectivity index (χ3v) is 4.18. The van der Waals surface area contributed by atoms with E-state index in [0.29, 0.717) is 0 Å². The maximum absolute atomic E-state index is 4.67. The summed E-state index contributed by atoms with van der Waals surface area (Å²) in [7, 11) is 4.12. The minimum absolute atomic E-state index is 1.00. The van der Waals surface area contributed by atoms with Gasteiger partial charge >= 0.3 is 0 Å². The molecule has 0 unspecified atom stereocenters. The molecule has 0 spiro atoms. The fourth-order valence-corrected chi connectivity index (χ4v) is 2.79. The van der Waals surface area contributed by atoms with Crippen molar-refractivity contribution in [2.45, 2.75) is 6.92 Å². The molecular formula is C14H15N3S. The number of anilines is 1. The Morgan fingerprint density at radius 3 is 2.78 bits per heavy atom. The van der Waals surface area contributed by atoms with Crippen molar-refractivity contribution in [1.29, 1.82) is 0 Å². The van der Waals surface area contributed by atoms with E-state index in [9.17, 15) is 0 Å². The van der Waals surface area contributed by atoms with Crippen LogP contribution in [0.2, 0.25) is 0 Å². The molecule has 0 fully saturated rings. The summed E-state index contributed by atoms with van der Waals surface area (Å²) < 4.78 is 2.07. The van der Waals surface area contributed by atoms with Crippen LogP contribution >= 0.6 is 11.3 Å². The van der Waals surface area contributed by atoms with Crippen LogP contribution < -0.4 is 4.90 Å². The van der Waals surface area contributed by atoms with Gasteiger partial charge in [-0.1, -0.05) is 0 Å². The van der Waals surface area contributed by atoms with E-state index in [-0.39, 0.29) is 0 Å². The molecule has 3 aromatic heterocycles. The van der Waals surface area contributed by atoms with Crippen molar-refractivity contribution in [1.82, 2.24) is 9.38 Å². The number of hydrogen-bond acceptors (Lipinski definition) is 3. The molecule has 0 bridgehead atoms. The number of thiophene rings is 1. The zero-order valence-electron chi connectivity index (χ0n) is 10.7. The van der Waals surface area contributed by atoms with Gasteiger partial charge < -0.3 is 9.30 Å². The Hall–Kier alpha value is -1.81. The third-order valence-electron chi connectivity index (χ3n) is 2.90. The van der Waals surface area contributed by atoms with Crippen molar-refractivity contribution in [3.8, 4) is 10.6 Å². The molecule has 0 amide bonds. The van der Waals surface area contributed by atoms with Crippen LogP contribution in [0, 0.1) is 6.92 Å². The fraction of sp³-hybridized carbons (Fsp3) is 0.214. The Kier molecular flexibility index (Phi) is 2.59. The molecule has 92 valence electrons. The molecular weight excluding hydrogens is 242 g/mol. The van der Waals surface area contributed by atoms with Crippen molar-refractivity contribution >= 4 is 22.0 Å². The van der Waals surface area contributed by atoms with Crippen molar-refractivity contribution < 1.29 is 0 Å². The topological polar surface area (TPSA) is 20.5 Å². The van der Waals surface area contributed by atoms with Gasteiger partial charge in [-0.05, 0) is 36.8 Å². The van der Waals surface area contributed by atoms with Crippen LogP contribution in [0.15, 0.2) is 36.7 Å². The van der Waals surface area contributed by atoms with Crippen LogP contribution in [0.4, 0.5) is 5.00 Å². The summed E-state index contributed by atoms with van der Waals surface area (Å²) in [5, 5.41) is 1.25. The first-order chi connectivity index (χ1) is 8.63. The molecule has 18 heavy (non-hydrogen) atoms. The minimum Gasteiger partial charge on any atom is -0.370 e. The monoisotopic (exact) mass is 257 g/mol. The van der Waals surface area contributed by atoms with E-state index in [2.05, 4.69) is 72.0 Å². The number of nitrogens with zero attached hydrogens (tertiary/aromatic N) is 3. The Labute approximate surface area is 110 Å². The maximum Gasteiger partial charge on any atom is 0.137 e. The van der Waals surface area contributed by atoms with Crippen LogP contribution in [-0.2, 0) is 0 Å². The van der Waals surface area contributed by atoms with Gasteiger partial charge in [0.2, 0.25) is 0 Å². The van der Waals surface area contributed by atoms with Gasteiger partial charge in [0.15, 0.2) is 0 Å². The highest BCUT2D eigenvalue weighted by Crippen LogP contribution is 2.32. The summed E-state index contributed by atoms with van der Waals surface area (Å²) in [6.07, 6.45) is 4.14. The Morgan fingerprint density at radius 1 is 1.22 bits per heavy atom. The second kappa shape index (κ2) is 4.14. The maximum atomic E-state index is 4.67. The molecule has 3 heterocycles. The third kappa shape index (κ3) is 1.88. The zero-order chi connectivity index (χ0) is 12.7. The molecule has 0 aliphatic rings. The number of imidazole rings is 1. The predicted octanol–water partition coefficient (Wildman–Crippen LogP) is 3.44. The minimum atomic E-state index is 1.00. The molecule has 3 aromatic rings. The van der Waals surface area contributed by atoms with E-state index in [1.165, 1.54) is 15.4 Å². The number of fused-ring (bicyclic) bond motifs is 1. The van der Waals surface area contributed by atoms with Crippen molar-refractivity contribution in [3.05, 3.63) is 42.2 Å². The quantitative estimate of drug-likeness (QED) is 0.701. The summed E-state index contributed by atoms with van der Waals surface area (Å²) in [4.78, 5) is 8.00. The molecule has 0 atom stereocenters. The molecule has 0 N–H and O–H groups in total. The highest BCUT2D eigenvalue weighted by molar-refractivity contribution is 7.19. The molecule has 0 saturated carbocycles. The second-order valence-electron chi connectivity index (χ2n) is 4.63. The van der Waals surface area contributed by atoms with E-state index in [1.807, 2.05) is 0 Å². The average molecular weight is 257 g/mol. The molecule has 0 aliphatic heterocycles. The summed E-state index contributed by atoms with van der Waals surface area (Å²) in [5.74, 6) is 0. The van der Waals surface area contributed by atoms with E-state index < -0.39 is 0 Å². The highest BCUT2D eigenvalue weighted by atomic mass is 32.1. The molecule has 3 rings (SSSR count). The van der Waals surface area contributed by atoms with Gasteiger partial charge in [0, 0.05) is 26.5 Å². The fourth-order valence-electron chi connectivity index (χ4n) is 1.91. The average Bonchev–Trinajstić information content (AvgIpc) is 2.93. The van der Waals surface area contributed by atoms with Crippen LogP contribution in [-0.4, -0.2) is 23.5 Å². The number of aromatic nitrogens is 2. The van der Waals surface area contributed by atoms with Crippen molar-refractivity contribution in [2.75, 3.05) is 19.0 Å². The number of aryl methyl sites for hydroxylation is 1. The van der Waals surface area contributed by atoms with Gasteiger partial charge in [-0.25, -0.2) is 4.98 Å². The Balaban J connectivity index is 2.07. The first-order valence-corrected chi connectivity index (χ1v) is 6.68. The van der Waals surface area contributed by atoms with Crippen molar-refractivity contribution in [2.24, 2.45) is 0 Å². The van der Waals surface area contributed by atoms with E-state index in [0.717, 1.165) is 11.3 Å². The van der Waals surface area contributed by atoms with E-state index in [4.69, 9.17) is 0 Å². The summed E-state index contributed by atoms with van der Waals surface area (Å²) >= 11 is 1.76. The van der Waals surface area contributed by atoms with Gasteiger partial charge in [0.25, 0.3) is 0 Å². The van der Waals surface area contributed by atoms with Crippen molar-refractivity contribution in [3.63, 3.8) is 0 Å². The standard InChI is InChI=1S/C14H15N3S/c1-10-6-7-17-9-11(15-13(17)8-10)12-4-5-14(18-12)16(2)3/h4-9H,1-3H3. The van der Waals surface area contributed by atoms with Gasteiger partial charge in [0.05, 0.1) is 15.6 Å². The Morgan fingerprint density at radius 2 is 2.06 bits per heavy atom. The lowest BCUT2D eigenvalue weighted by atomic mass is 10.3. The van der Waals surface area contributed by atoms with Crippen LogP contribution in [0.3, 0.4) is 0 Å². The molecule has 3 nitrogen and oxygen atoms in total. The largest absolute Gasteiger partial charge is 0.370 e. The lowest BCUT2D eigenvalue weighted by Gasteiger charge is -2.06. The predicted molar refractivity (Wildman–Crippen MR) is 77.6 cm³/mol. The molecule has 0 radical (unpaired) electrons. The smallest absolute Gasteiger partial charge is 0.137 e. The SMILES string of the molecule is Cc1ccn2cc(-c3ccc(N(C)C)s3)nc2c1.